The Kier molecular flexibility index (Phi) is 6.74. The maximum atomic E-state index is 10.2. The molecule has 1 atom stereocenters. The number of aryl methyl sites for hydroxylation is 1. The van der Waals surface area contributed by atoms with E-state index in [0.29, 0.717) is 19.6 Å². The Balaban J connectivity index is 2.00. The number of aliphatic hydroxyl groups is 1. The van der Waals surface area contributed by atoms with Gasteiger partial charge >= 0.3 is 0 Å². The molecule has 4 heteroatoms. The first kappa shape index (κ1) is 16.8. The van der Waals surface area contributed by atoms with E-state index in [4.69, 9.17) is 9.47 Å². The maximum absolute atomic E-state index is 10.2. The van der Waals surface area contributed by atoms with Gasteiger partial charge in [-0.3, -0.25) is 0 Å². The van der Waals surface area contributed by atoms with Crippen molar-refractivity contribution < 1.29 is 14.6 Å². The molecule has 0 radical (unpaired) electrons. The summed E-state index contributed by atoms with van der Waals surface area (Å²) < 4.78 is 11.4. The van der Waals surface area contributed by atoms with Crippen molar-refractivity contribution in [1.29, 1.82) is 0 Å². The van der Waals surface area contributed by atoms with Crippen molar-refractivity contribution in [3.63, 3.8) is 0 Å². The molecule has 0 aliphatic carbocycles. The smallest absolute Gasteiger partial charge is 0.161 e. The van der Waals surface area contributed by atoms with Gasteiger partial charge in [-0.1, -0.05) is 19.1 Å². The van der Waals surface area contributed by atoms with Crippen LogP contribution in [-0.2, 0) is 6.42 Å². The molecule has 1 heterocycles. The molecular weight excluding hydrogens is 296 g/mol. The highest BCUT2D eigenvalue weighted by Gasteiger charge is 2.11. The minimum absolute atomic E-state index is 0.397. The van der Waals surface area contributed by atoms with E-state index < -0.39 is 6.10 Å². The van der Waals surface area contributed by atoms with Crippen LogP contribution in [0.15, 0.2) is 35.7 Å². The van der Waals surface area contributed by atoms with Gasteiger partial charge in [-0.2, -0.15) is 0 Å². The molecule has 1 unspecified atom stereocenters. The molecule has 1 N–H and O–H groups in total. The summed E-state index contributed by atoms with van der Waals surface area (Å²) >= 11 is 1.59. The second-order valence-corrected chi connectivity index (χ2v) is 6.11. The van der Waals surface area contributed by atoms with Gasteiger partial charge in [0.05, 0.1) is 19.3 Å². The van der Waals surface area contributed by atoms with Gasteiger partial charge < -0.3 is 14.6 Å². The first-order chi connectivity index (χ1) is 10.7. The predicted octanol–water partition coefficient (Wildman–Crippen LogP) is 4.60. The molecule has 2 rings (SSSR count). The Morgan fingerprint density at radius 3 is 2.68 bits per heavy atom. The fourth-order valence-electron chi connectivity index (χ4n) is 2.23. The van der Waals surface area contributed by atoms with Gasteiger partial charge in [0.1, 0.15) is 0 Å². The maximum Gasteiger partial charge on any atom is 0.161 e. The van der Waals surface area contributed by atoms with Gasteiger partial charge in [-0.25, -0.2) is 0 Å². The second-order valence-electron chi connectivity index (χ2n) is 5.13. The summed E-state index contributed by atoms with van der Waals surface area (Å²) in [6.07, 6.45) is 2.10. The number of benzene rings is 1. The molecule has 0 saturated carbocycles. The molecule has 0 saturated heterocycles. The van der Waals surface area contributed by atoms with E-state index in [1.165, 1.54) is 0 Å². The van der Waals surface area contributed by atoms with Crippen LogP contribution in [0.25, 0.3) is 0 Å². The quantitative estimate of drug-likeness (QED) is 0.734. The predicted molar refractivity (Wildman–Crippen MR) is 91.0 cm³/mol. The van der Waals surface area contributed by atoms with E-state index in [-0.39, 0.29) is 0 Å². The molecule has 0 fully saturated rings. The number of ether oxygens (including phenoxy) is 2. The lowest BCUT2D eigenvalue weighted by atomic mass is 10.1. The fraction of sp³-hybridized carbons (Fsp3) is 0.444. The third kappa shape index (κ3) is 4.75. The summed E-state index contributed by atoms with van der Waals surface area (Å²) in [6, 6.07) is 9.98. The highest BCUT2D eigenvalue weighted by Crippen LogP contribution is 2.30. The average Bonchev–Trinajstić information content (AvgIpc) is 3.06. The molecule has 0 aliphatic rings. The Morgan fingerprint density at radius 1 is 1.14 bits per heavy atom. The lowest BCUT2D eigenvalue weighted by molar-refractivity contribution is 0.171. The minimum atomic E-state index is -0.397. The van der Waals surface area contributed by atoms with Crippen LogP contribution in [0.3, 0.4) is 0 Å². The summed E-state index contributed by atoms with van der Waals surface area (Å²) in [5, 5.41) is 12.2. The zero-order valence-corrected chi connectivity index (χ0v) is 14.1. The van der Waals surface area contributed by atoms with E-state index >= 15 is 0 Å². The van der Waals surface area contributed by atoms with Gasteiger partial charge in [0.25, 0.3) is 0 Å². The first-order valence-corrected chi connectivity index (χ1v) is 8.72. The molecule has 1 aromatic heterocycles. The van der Waals surface area contributed by atoms with E-state index in [9.17, 15) is 5.11 Å². The molecule has 0 aliphatic heterocycles. The van der Waals surface area contributed by atoms with E-state index in [1.54, 1.807) is 11.3 Å². The minimum Gasteiger partial charge on any atom is -0.490 e. The Labute approximate surface area is 136 Å². The zero-order valence-electron chi connectivity index (χ0n) is 13.2. The monoisotopic (exact) mass is 320 g/mol. The van der Waals surface area contributed by atoms with Gasteiger partial charge in [0, 0.05) is 4.88 Å². The highest BCUT2D eigenvalue weighted by molar-refractivity contribution is 7.10. The number of rotatable bonds is 9. The Hall–Kier alpha value is -1.52. The molecule has 120 valence electrons. The lowest BCUT2D eigenvalue weighted by Crippen LogP contribution is -2.02. The van der Waals surface area contributed by atoms with Crippen molar-refractivity contribution in [2.75, 3.05) is 13.2 Å². The van der Waals surface area contributed by atoms with Crippen molar-refractivity contribution in [1.82, 2.24) is 0 Å². The number of aliphatic hydroxyl groups excluding tert-OH is 1. The molecular formula is C18H24O3S. The van der Waals surface area contributed by atoms with Crippen LogP contribution in [0.4, 0.5) is 0 Å². The SMILES string of the molecule is CCCOc1ccc(CCC(O)c2cccs2)cc1OCC. The molecule has 0 amide bonds. The highest BCUT2D eigenvalue weighted by atomic mass is 32.1. The average molecular weight is 320 g/mol. The summed E-state index contributed by atoms with van der Waals surface area (Å²) in [4.78, 5) is 1.02. The normalized spacial score (nSPS) is 12.1. The fourth-order valence-corrected chi connectivity index (χ4v) is 2.98. The molecule has 3 nitrogen and oxygen atoms in total. The second kappa shape index (κ2) is 8.81. The van der Waals surface area contributed by atoms with E-state index in [2.05, 4.69) is 13.0 Å². The van der Waals surface area contributed by atoms with Crippen molar-refractivity contribution >= 4 is 11.3 Å². The molecule has 22 heavy (non-hydrogen) atoms. The molecule has 1 aromatic carbocycles. The van der Waals surface area contributed by atoms with Gasteiger partial charge in [-0.05, 0) is 55.3 Å². The van der Waals surface area contributed by atoms with Crippen LogP contribution in [0.5, 0.6) is 11.5 Å². The van der Waals surface area contributed by atoms with Crippen LogP contribution in [-0.4, -0.2) is 18.3 Å². The van der Waals surface area contributed by atoms with Crippen molar-refractivity contribution in [3.8, 4) is 11.5 Å². The van der Waals surface area contributed by atoms with Gasteiger partial charge in [-0.15, -0.1) is 11.3 Å². The lowest BCUT2D eigenvalue weighted by Gasteiger charge is -2.14. The van der Waals surface area contributed by atoms with Crippen LogP contribution in [0.1, 0.15) is 43.2 Å². The third-order valence-electron chi connectivity index (χ3n) is 3.35. The van der Waals surface area contributed by atoms with Crippen LogP contribution in [0, 0.1) is 0 Å². The summed E-state index contributed by atoms with van der Waals surface area (Å²) in [6.45, 7) is 5.36. The van der Waals surface area contributed by atoms with Crippen LogP contribution >= 0.6 is 11.3 Å². The largest absolute Gasteiger partial charge is 0.490 e. The number of thiophene rings is 1. The number of hydrogen-bond acceptors (Lipinski definition) is 4. The van der Waals surface area contributed by atoms with E-state index in [1.807, 2.05) is 36.6 Å². The topological polar surface area (TPSA) is 38.7 Å². The standard InChI is InChI=1S/C18H24O3S/c1-3-11-21-16-10-8-14(13-17(16)20-4-2)7-9-15(19)18-6-5-12-22-18/h5-6,8,10,12-13,15,19H,3-4,7,9,11H2,1-2H3. The Bertz CT molecular complexity index is 551. The summed E-state index contributed by atoms with van der Waals surface area (Å²) in [5.74, 6) is 1.59. The first-order valence-electron chi connectivity index (χ1n) is 7.84. The van der Waals surface area contributed by atoms with Crippen LogP contribution < -0.4 is 9.47 Å². The van der Waals surface area contributed by atoms with E-state index in [0.717, 1.165) is 34.8 Å². The molecule has 0 spiro atoms. The van der Waals surface area contributed by atoms with Crippen molar-refractivity contribution in [2.24, 2.45) is 0 Å². The molecule has 0 bridgehead atoms. The van der Waals surface area contributed by atoms with Crippen LogP contribution in [0.2, 0.25) is 0 Å². The van der Waals surface area contributed by atoms with Gasteiger partial charge in [0.15, 0.2) is 11.5 Å². The summed E-state index contributed by atoms with van der Waals surface area (Å²) in [5.41, 5.74) is 1.16. The molecule has 2 aromatic rings. The third-order valence-corrected chi connectivity index (χ3v) is 4.32. The zero-order chi connectivity index (χ0) is 15.8. The van der Waals surface area contributed by atoms with Crippen molar-refractivity contribution in [2.45, 2.75) is 39.2 Å². The van der Waals surface area contributed by atoms with Crippen molar-refractivity contribution in [3.05, 3.63) is 46.2 Å². The van der Waals surface area contributed by atoms with Gasteiger partial charge in [0.2, 0.25) is 0 Å². The number of hydrogen-bond donors (Lipinski definition) is 1. The Morgan fingerprint density at radius 2 is 2.00 bits per heavy atom. The summed E-state index contributed by atoms with van der Waals surface area (Å²) in [7, 11) is 0.